The van der Waals surface area contributed by atoms with Crippen molar-refractivity contribution in [2.75, 3.05) is 6.54 Å². The summed E-state index contributed by atoms with van der Waals surface area (Å²) in [5, 5.41) is 0. The van der Waals surface area contributed by atoms with E-state index < -0.39 is 10.2 Å². The molecular weight excluding hydrogens is 312 g/mol. The summed E-state index contributed by atoms with van der Waals surface area (Å²) in [4.78, 5) is 10.1. The minimum atomic E-state index is -3.62. The van der Waals surface area contributed by atoms with E-state index >= 15 is 0 Å². The molecule has 0 bridgehead atoms. The number of carbonyl (C=O) groups excluding carboxylic acids is 1. The van der Waals surface area contributed by atoms with Crippen molar-refractivity contribution in [2.45, 2.75) is 96.8 Å². The highest BCUT2D eigenvalue weighted by Crippen LogP contribution is 2.12. The van der Waals surface area contributed by atoms with Crippen molar-refractivity contribution < 1.29 is 13.2 Å². The molecule has 138 valence electrons. The molecule has 0 heterocycles. The van der Waals surface area contributed by atoms with Gasteiger partial charge in [-0.2, -0.15) is 13.1 Å². The van der Waals surface area contributed by atoms with Gasteiger partial charge in [-0.3, -0.25) is 4.79 Å². The minimum Gasteiger partial charge on any atom is -0.278 e. The Labute approximate surface area is 143 Å². The van der Waals surface area contributed by atoms with Crippen molar-refractivity contribution in [1.82, 2.24) is 9.44 Å². The fraction of sp³-hybridized carbons (Fsp3) is 0.941. The smallest absolute Gasteiger partial charge is 0.278 e. The molecule has 0 aromatic heterocycles. The number of amides is 1. The van der Waals surface area contributed by atoms with Crippen LogP contribution in [0.15, 0.2) is 0 Å². The van der Waals surface area contributed by atoms with E-state index in [1.165, 1.54) is 70.6 Å². The van der Waals surface area contributed by atoms with Gasteiger partial charge in [-0.15, -0.1) is 0 Å². The quantitative estimate of drug-likeness (QED) is 0.290. The minimum absolute atomic E-state index is 0.174. The highest BCUT2D eigenvalue weighted by Gasteiger charge is 2.05. The zero-order valence-electron chi connectivity index (χ0n) is 14.8. The van der Waals surface area contributed by atoms with E-state index in [1.54, 1.807) is 4.72 Å². The molecule has 0 saturated heterocycles. The number of hydrogen-bond acceptors (Lipinski definition) is 3. The summed E-state index contributed by atoms with van der Waals surface area (Å²) in [6.07, 6.45) is 18.0. The van der Waals surface area contributed by atoms with Gasteiger partial charge in [0.15, 0.2) is 0 Å². The number of nitrogens with one attached hydrogen (secondary N) is 2. The second-order valence-electron chi connectivity index (χ2n) is 6.23. The summed E-state index contributed by atoms with van der Waals surface area (Å²) in [5.74, 6) is 0. The third-order valence-corrected chi connectivity index (χ3v) is 5.02. The Balaban J connectivity index is 3.15. The zero-order valence-corrected chi connectivity index (χ0v) is 15.6. The molecule has 0 unspecified atom stereocenters. The predicted octanol–water partition coefficient (Wildman–Crippen LogP) is 4.05. The van der Waals surface area contributed by atoms with Crippen LogP contribution in [-0.4, -0.2) is 21.4 Å². The van der Waals surface area contributed by atoms with Crippen LogP contribution in [0, 0.1) is 0 Å². The zero-order chi connectivity index (χ0) is 17.2. The van der Waals surface area contributed by atoms with Gasteiger partial charge in [0.25, 0.3) is 0 Å². The van der Waals surface area contributed by atoms with Gasteiger partial charge < -0.3 is 0 Å². The van der Waals surface area contributed by atoms with Gasteiger partial charge in [-0.05, 0) is 6.42 Å². The summed E-state index contributed by atoms with van der Waals surface area (Å²) >= 11 is 0. The third kappa shape index (κ3) is 17.6. The number of hydrogen-bond donors (Lipinski definition) is 2. The van der Waals surface area contributed by atoms with Crippen LogP contribution >= 0.6 is 0 Å². The number of unbranched alkanes of at least 4 members (excludes halogenated alkanes) is 13. The van der Waals surface area contributed by atoms with Gasteiger partial charge >= 0.3 is 10.2 Å². The van der Waals surface area contributed by atoms with Gasteiger partial charge in [0, 0.05) is 6.54 Å². The highest BCUT2D eigenvalue weighted by atomic mass is 32.2. The van der Waals surface area contributed by atoms with E-state index in [0.717, 1.165) is 19.3 Å². The molecule has 1 amide bonds. The van der Waals surface area contributed by atoms with E-state index in [9.17, 15) is 13.2 Å². The first-order chi connectivity index (χ1) is 11.1. The lowest BCUT2D eigenvalue weighted by Gasteiger charge is -2.05. The maximum absolute atomic E-state index is 11.1. The molecule has 0 aliphatic heterocycles. The standard InChI is InChI=1S/C17H36N2O3S/c1-2-3-4-5-6-7-8-9-10-11-12-13-14-15-16-18-23(21,22)19-17-20/h17-18H,2-16H2,1H3,(H,19,20). The molecule has 0 rings (SSSR count). The van der Waals surface area contributed by atoms with Crippen LogP contribution in [0.2, 0.25) is 0 Å². The molecular formula is C17H36N2O3S. The van der Waals surface area contributed by atoms with Crippen molar-refractivity contribution >= 4 is 16.6 Å². The molecule has 0 aliphatic carbocycles. The van der Waals surface area contributed by atoms with E-state index in [0.29, 0.717) is 6.54 Å². The van der Waals surface area contributed by atoms with Crippen molar-refractivity contribution in [1.29, 1.82) is 0 Å². The first-order valence-electron chi connectivity index (χ1n) is 9.33. The number of carbonyl (C=O) groups is 1. The molecule has 5 nitrogen and oxygen atoms in total. The largest absolute Gasteiger partial charge is 0.301 e. The van der Waals surface area contributed by atoms with E-state index in [2.05, 4.69) is 11.6 Å². The SMILES string of the molecule is CCCCCCCCCCCCCCCCNS(=O)(=O)NC=O. The van der Waals surface area contributed by atoms with Gasteiger partial charge in [0.2, 0.25) is 6.41 Å². The number of rotatable bonds is 18. The Morgan fingerprint density at radius 1 is 0.696 bits per heavy atom. The molecule has 0 atom stereocenters. The summed E-state index contributed by atoms with van der Waals surface area (Å²) in [7, 11) is -3.62. The third-order valence-electron chi connectivity index (χ3n) is 4.03. The predicted molar refractivity (Wildman–Crippen MR) is 96.4 cm³/mol. The van der Waals surface area contributed by atoms with Gasteiger partial charge in [0.1, 0.15) is 0 Å². The van der Waals surface area contributed by atoms with Crippen molar-refractivity contribution in [3.05, 3.63) is 0 Å². The van der Waals surface area contributed by atoms with Crippen LogP contribution in [0.3, 0.4) is 0 Å². The van der Waals surface area contributed by atoms with Crippen LogP contribution in [0.4, 0.5) is 0 Å². The summed E-state index contributed by atoms with van der Waals surface area (Å²) in [6, 6.07) is 0. The second-order valence-corrected chi connectivity index (χ2v) is 7.76. The summed E-state index contributed by atoms with van der Waals surface area (Å²) in [5.41, 5.74) is 0. The molecule has 0 spiro atoms. The van der Waals surface area contributed by atoms with Crippen LogP contribution in [-0.2, 0) is 15.0 Å². The average molecular weight is 349 g/mol. The van der Waals surface area contributed by atoms with E-state index in [1.807, 2.05) is 0 Å². The fourth-order valence-electron chi connectivity index (χ4n) is 2.63. The second kappa shape index (κ2) is 16.2. The van der Waals surface area contributed by atoms with E-state index in [4.69, 9.17) is 0 Å². The van der Waals surface area contributed by atoms with Crippen LogP contribution in [0.25, 0.3) is 0 Å². The van der Waals surface area contributed by atoms with E-state index in [-0.39, 0.29) is 6.41 Å². The molecule has 0 fully saturated rings. The lowest BCUT2D eigenvalue weighted by Crippen LogP contribution is -2.36. The first-order valence-corrected chi connectivity index (χ1v) is 10.8. The van der Waals surface area contributed by atoms with Crippen molar-refractivity contribution in [3.8, 4) is 0 Å². The molecule has 2 N–H and O–H groups in total. The Hall–Kier alpha value is -0.620. The van der Waals surface area contributed by atoms with Gasteiger partial charge in [-0.25, -0.2) is 4.72 Å². The Bertz CT molecular complexity index is 359. The monoisotopic (exact) mass is 348 g/mol. The van der Waals surface area contributed by atoms with Crippen LogP contribution in [0.1, 0.15) is 96.8 Å². The topological polar surface area (TPSA) is 75.3 Å². The highest BCUT2D eigenvalue weighted by molar-refractivity contribution is 7.88. The molecule has 6 heteroatoms. The normalized spacial score (nSPS) is 11.5. The van der Waals surface area contributed by atoms with Crippen molar-refractivity contribution in [2.24, 2.45) is 0 Å². The first kappa shape index (κ1) is 22.4. The molecule has 23 heavy (non-hydrogen) atoms. The average Bonchev–Trinajstić information content (AvgIpc) is 2.51. The van der Waals surface area contributed by atoms with Gasteiger partial charge in [0.05, 0.1) is 0 Å². The molecule has 0 saturated carbocycles. The molecule has 0 aromatic carbocycles. The summed E-state index contributed by atoms with van der Waals surface area (Å²) in [6.45, 7) is 2.64. The molecule has 0 aromatic rings. The lowest BCUT2D eigenvalue weighted by atomic mass is 10.0. The lowest BCUT2D eigenvalue weighted by molar-refractivity contribution is -0.108. The Kier molecular flexibility index (Phi) is 15.8. The summed E-state index contributed by atoms with van der Waals surface area (Å²) < 4.78 is 26.3. The molecule has 0 aliphatic rings. The van der Waals surface area contributed by atoms with Crippen LogP contribution in [0.5, 0.6) is 0 Å². The van der Waals surface area contributed by atoms with Gasteiger partial charge in [-0.1, -0.05) is 90.4 Å². The maximum Gasteiger partial charge on any atom is 0.301 e. The fourth-order valence-corrected chi connectivity index (χ4v) is 3.25. The Morgan fingerprint density at radius 2 is 1.09 bits per heavy atom. The molecule has 0 radical (unpaired) electrons. The Morgan fingerprint density at radius 3 is 1.48 bits per heavy atom. The van der Waals surface area contributed by atoms with Crippen LogP contribution < -0.4 is 9.44 Å². The van der Waals surface area contributed by atoms with Crippen molar-refractivity contribution in [3.63, 3.8) is 0 Å². The maximum atomic E-state index is 11.1.